The number of carbonyl (C=O) groups excluding carboxylic acids is 1. The van der Waals surface area contributed by atoms with Gasteiger partial charge >= 0.3 is 6.09 Å². The van der Waals surface area contributed by atoms with E-state index in [0.717, 1.165) is 24.0 Å². The molecule has 0 saturated heterocycles. The number of ether oxygens (including phenoxy) is 1. The van der Waals surface area contributed by atoms with Gasteiger partial charge in [-0.3, -0.25) is 0 Å². The van der Waals surface area contributed by atoms with Gasteiger partial charge in [-0.1, -0.05) is 48.0 Å². The van der Waals surface area contributed by atoms with Crippen LogP contribution in [0.2, 0.25) is 0 Å². The molecule has 10 heteroatoms. The van der Waals surface area contributed by atoms with Crippen LogP contribution in [-0.4, -0.2) is 47.6 Å². The molecule has 4 aromatic rings. The summed E-state index contributed by atoms with van der Waals surface area (Å²) in [5.74, 6) is 0.646. The van der Waals surface area contributed by atoms with Gasteiger partial charge in [0, 0.05) is 25.3 Å². The highest BCUT2D eigenvalue weighted by atomic mass is 32.2. The summed E-state index contributed by atoms with van der Waals surface area (Å²) in [6, 6.07) is 18.1. The van der Waals surface area contributed by atoms with Crippen LogP contribution in [0.15, 0.2) is 78.1 Å². The molecular formula is C26H27N5O4S. The second kappa shape index (κ2) is 9.62. The quantitative estimate of drug-likeness (QED) is 0.406. The molecule has 0 aliphatic heterocycles. The molecule has 0 atom stereocenters. The van der Waals surface area contributed by atoms with Gasteiger partial charge in [-0.15, -0.1) is 0 Å². The molecule has 1 saturated carbocycles. The molecule has 2 aromatic heterocycles. The van der Waals surface area contributed by atoms with Crippen molar-refractivity contribution in [2.45, 2.75) is 43.4 Å². The number of nitrogens with zero attached hydrogens (tertiary/aromatic N) is 4. The fourth-order valence-corrected chi connectivity index (χ4v) is 5.64. The molecule has 1 fully saturated rings. The largest absolute Gasteiger partial charge is 0.445 e. The summed E-state index contributed by atoms with van der Waals surface area (Å²) >= 11 is 0. The Bertz CT molecular complexity index is 1480. The predicted molar refractivity (Wildman–Crippen MR) is 136 cm³/mol. The highest BCUT2D eigenvalue weighted by molar-refractivity contribution is 7.90. The fraction of sp³-hybridized carbons (Fsp3) is 0.269. The van der Waals surface area contributed by atoms with E-state index < -0.39 is 16.1 Å². The number of aromatic nitrogens is 3. The molecule has 0 radical (unpaired) electrons. The van der Waals surface area contributed by atoms with Crippen LogP contribution in [0.3, 0.4) is 0 Å². The molecule has 0 bridgehead atoms. The lowest BCUT2D eigenvalue weighted by atomic mass is 9.85. The predicted octanol–water partition coefficient (Wildman–Crippen LogP) is 3.87. The van der Waals surface area contributed by atoms with Gasteiger partial charge in [-0.05, 0) is 43.5 Å². The molecule has 36 heavy (non-hydrogen) atoms. The van der Waals surface area contributed by atoms with Crippen molar-refractivity contribution in [3.63, 3.8) is 0 Å². The lowest BCUT2D eigenvalue weighted by Crippen LogP contribution is -2.53. The molecule has 1 amide bonds. The van der Waals surface area contributed by atoms with E-state index in [1.165, 1.54) is 16.5 Å². The van der Waals surface area contributed by atoms with Gasteiger partial charge in [0.1, 0.15) is 18.8 Å². The monoisotopic (exact) mass is 505 g/mol. The Labute approximate surface area is 209 Å². The number of rotatable bonds is 7. The van der Waals surface area contributed by atoms with E-state index in [0.29, 0.717) is 16.9 Å². The van der Waals surface area contributed by atoms with Gasteiger partial charge in [0.15, 0.2) is 5.65 Å². The van der Waals surface area contributed by atoms with Gasteiger partial charge in [0.05, 0.1) is 10.3 Å². The zero-order chi connectivity index (χ0) is 25.3. The van der Waals surface area contributed by atoms with Gasteiger partial charge in [0.25, 0.3) is 10.0 Å². The van der Waals surface area contributed by atoms with Crippen molar-refractivity contribution in [3.8, 4) is 0 Å². The molecule has 5 rings (SSSR count). The molecule has 1 aliphatic rings. The standard InChI is InChI=1S/C26H27N5O4S/c1-18-8-10-22(11-9-18)36(33,34)31-13-12-23-24(27-17-28-25(23)31)30(2)21-14-20(15-21)29-26(32)35-16-19-6-4-3-5-7-19/h3-13,17,20-21H,14-16H2,1-2H3,(H,29,32). The van der Waals surface area contributed by atoms with E-state index in [1.807, 2.05) is 49.2 Å². The Balaban J connectivity index is 1.25. The highest BCUT2D eigenvalue weighted by Crippen LogP contribution is 2.32. The molecule has 0 unspecified atom stereocenters. The number of fused-ring (bicyclic) bond motifs is 1. The molecule has 1 N–H and O–H groups in total. The Morgan fingerprint density at radius 2 is 1.81 bits per heavy atom. The third-order valence-electron chi connectivity index (χ3n) is 6.53. The van der Waals surface area contributed by atoms with Crippen LogP contribution in [0.5, 0.6) is 0 Å². The molecular weight excluding hydrogens is 478 g/mol. The Hall–Kier alpha value is -3.92. The van der Waals surface area contributed by atoms with Crippen LogP contribution in [-0.2, 0) is 21.4 Å². The van der Waals surface area contributed by atoms with Crippen molar-refractivity contribution in [2.24, 2.45) is 0 Å². The van der Waals surface area contributed by atoms with E-state index in [4.69, 9.17) is 4.74 Å². The van der Waals surface area contributed by atoms with E-state index in [2.05, 4.69) is 15.3 Å². The van der Waals surface area contributed by atoms with Crippen molar-refractivity contribution in [2.75, 3.05) is 11.9 Å². The fourth-order valence-electron chi connectivity index (χ4n) is 4.34. The van der Waals surface area contributed by atoms with Gasteiger partial charge < -0.3 is 15.0 Å². The second-order valence-corrected chi connectivity index (χ2v) is 10.8. The van der Waals surface area contributed by atoms with Crippen molar-refractivity contribution in [1.29, 1.82) is 0 Å². The van der Waals surface area contributed by atoms with Gasteiger partial charge in [0.2, 0.25) is 0 Å². The summed E-state index contributed by atoms with van der Waals surface area (Å²) in [6.45, 7) is 2.13. The summed E-state index contributed by atoms with van der Waals surface area (Å²) in [5, 5.41) is 3.55. The average molecular weight is 506 g/mol. The summed E-state index contributed by atoms with van der Waals surface area (Å²) < 4.78 is 33.0. The Morgan fingerprint density at radius 3 is 2.53 bits per heavy atom. The van der Waals surface area contributed by atoms with Crippen LogP contribution >= 0.6 is 0 Å². The Kier molecular flexibility index (Phi) is 6.36. The van der Waals surface area contributed by atoms with Gasteiger partial charge in [-0.25, -0.2) is 27.2 Å². The van der Waals surface area contributed by atoms with Crippen molar-refractivity contribution in [1.82, 2.24) is 19.3 Å². The highest BCUT2D eigenvalue weighted by Gasteiger charge is 2.35. The average Bonchev–Trinajstić information content (AvgIpc) is 3.30. The SMILES string of the molecule is Cc1ccc(S(=O)(=O)n2ccc3c(N(C)C4CC(NC(=O)OCc5ccccc5)C4)ncnc32)cc1. The number of hydrogen-bond donors (Lipinski definition) is 1. The van der Waals surface area contributed by atoms with Crippen LogP contribution in [0, 0.1) is 6.92 Å². The van der Waals surface area contributed by atoms with E-state index >= 15 is 0 Å². The number of amides is 1. The zero-order valence-corrected chi connectivity index (χ0v) is 20.9. The van der Waals surface area contributed by atoms with E-state index in [-0.39, 0.29) is 23.6 Å². The lowest BCUT2D eigenvalue weighted by Gasteiger charge is -2.41. The molecule has 9 nitrogen and oxygen atoms in total. The first kappa shape index (κ1) is 23.8. The number of benzene rings is 2. The summed E-state index contributed by atoms with van der Waals surface area (Å²) in [5.41, 5.74) is 2.24. The van der Waals surface area contributed by atoms with Crippen molar-refractivity contribution < 1.29 is 17.9 Å². The zero-order valence-electron chi connectivity index (χ0n) is 20.0. The van der Waals surface area contributed by atoms with Crippen molar-refractivity contribution in [3.05, 3.63) is 84.3 Å². The number of hydrogen-bond acceptors (Lipinski definition) is 7. The number of carbonyl (C=O) groups is 1. The molecule has 2 aromatic carbocycles. The van der Waals surface area contributed by atoms with Crippen molar-refractivity contribution >= 4 is 33.0 Å². The lowest BCUT2D eigenvalue weighted by molar-refractivity contribution is 0.127. The minimum Gasteiger partial charge on any atom is -0.445 e. The second-order valence-electron chi connectivity index (χ2n) is 9.00. The van der Waals surface area contributed by atoms with E-state index in [9.17, 15) is 13.2 Å². The maximum Gasteiger partial charge on any atom is 0.407 e. The number of anilines is 1. The van der Waals surface area contributed by atoms with Gasteiger partial charge in [-0.2, -0.15) is 0 Å². The third-order valence-corrected chi connectivity index (χ3v) is 8.22. The van der Waals surface area contributed by atoms with Crippen LogP contribution in [0.25, 0.3) is 11.0 Å². The maximum atomic E-state index is 13.2. The topological polar surface area (TPSA) is 106 Å². The normalized spacial score (nSPS) is 17.4. The smallest absolute Gasteiger partial charge is 0.407 e. The summed E-state index contributed by atoms with van der Waals surface area (Å²) in [7, 11) is -1.88. The molecule has 1 aliphatic carbocycles. The molecule has 0 spiro atoms. The first-order valence-electron chi connectivity index (χ1n) is 11.7. The molecule has 2 heterocycles. The minimum absolute atomic E-state index is 0.00423. The molecule has 186 valence electrons. The number of alkyl carbamates (subject to hydrolysis) is 1. The Morgan fingerprint density at radius 1 is 1.08 bits per heavy atom. The number of nitrogens with one attached hydrogen (secondary N) is 1. The summed E-state index contributed by atoms with van der Waals surface area (Å²) in [4.78, 5) is 23.1. The van der Waals surface area contributed by atoms with Crippen LogP contribution < -0.4 is 10.2 Å². The minimum atomic E-state index is -3.79. The first-order valence-corrected chi connectivity index (χ1v) is 13.1. The van der Waals surface area contributed by atoms with E-state index in [1.54, 1.807) is 30.3 Å². The third kappa shape index (κ3) is 4.64. The summed E-state index contributed by atoms with van der Waals surface area (Å²) in [6.07, 6.45) is 3.91. The van der Waals surface area contributed by atoms with Crippen LogP contribution in [0.1, 0.15) is 24.0 Å². The maximum absolute atomic E-state index is 13.2. The first-order chi connectivity index (χ1) is 17.3. The number of aryl methyl sites for hydroxylation is 1. The van der Waals surface area contributed by atoms with Crippen LogP contribution in [0.4, 0.5) is 10.6 Å².